The molecule has 1 aliphatic rings. The van der Waals surface area contributed by atoms with Gasteiger partial charge in [0.2, 0.25) is 0 Å². The average Bonchev–Trinajstić information content (AvgIpc) is 2.38. The predicted molar refractivity (Wildman–Crippen MR) is 59.0 cm³/mol. The van der Waals surface area contributed by atoms with Gasteiger partial charge in [-0.05, 0) is 13.0 Å². The summed E-state index contributed by atoms with van der Waals surface area (Å²) in [5.74, 6) is 0.203. The zero-order valence-corrected chi connectivity index (χ0v) is 10.1. The van der Waals surface area contributed by atoms with Crippen molar-refractivity contribution in [2.24, 2.45) is 0 Å². The van der Waals surface area contributed by atoms with Crippen LogP contribution in [0.3, 0.4) is 0 Å². The monoisotopic (exact) mass is 253 g/mol. The second-order valence-electron chi connectivity index (χ2n) is 3.70. The molecule has 0 aromatic carbocycles. The molecule has 0 spiro atoms. The van der Waals surface area contributed by atoms with Gasteiger partial charge in [-0.15, -0.1) is 0 Å². The quantitative estimate of drug-likeness (QED) is 0.657. The molecule has 1 N–H and O–H groups in total. The molecule has 0 radical (unpaired) electrons. The van der Waals surface area contributed by atoms with Crippen LogP contribution in [-0.4, -0.2) is 47.2 Å². The normalized spacial score (nSPS) is 24.5. The van der Waals surface area contributed by atoms with E-state index >= 15 is 0 Å². The molecule has 5 nitrogen and oxygen atoms in total. The van der Waals surface area contributed by atoms with E-state index in [0.717, 1.165) is 0 Å². The maximum Gasteiger partial charge on any atom is 0.173 e. The van der Waals surface area contributed by atoms with E-state index in [0.29, 0.717) is 13.0 Å². The number of hydrogen-bond acceptors (Lipinski definition) is 5. The maximum absolute atomic E-state index is 11.0. The van der Waals surface area contributed by atoms with E-state index in [4.69, 9.17) is 0 Å². The fourth-order valence-corrected chi connectivity index (χ4v) is 3.26. The van der Waals surface area contributed by atoms with Crippen molar-refractivity contribution in [2.45, 2.75) is 12.5 Å². The smallest absolute Gasteiger partial charge is 0.173 e. The van der Waals surface area contributed by atoms with Gasteiger partial charge in [0.1, 0.15) is 9.84 Å². The topological polar surface area (TPSA) is 80.3 Å². The molecule has 1 atom stereocenters. The SMILES string of the molecule is CS(=O)(=O)CCCNC1C=CS(=O)(=O)C1. The highest BCUT2D eigenvalue weighted by Gasteiger charge is 2.20. The minimum absolute atomic E-state index is 0.0753. The van der Waals surface area contributed by atoms with Crippen LogP contribution in [0.15, 0.2) is 11.5 Å². The van der Waals surface area contributed by atoms with Gasteiger partial charge in [0, 0.05) is 17.7 Å². The van der Waals surface area contributed by atoms with Crippen LogP contribution in [0.2, 0.25) is 0 Å². The van der Waals surface area contributed by atoms with Crippen molar-refractivity contribution in [3.05, 3.63) is 11.5 Å². The first-order valence-electron chi connectivity index (χ1n) is 4.61. The third-order valence-electron chi connectivity index (χ3n) is 2.03. The van der Waals surface area contributed by atoms with Crippen LogP contribution >= 0.6 is 0 Å². The average molecular weight is 253 g/mol. The van der Waals surface area contributed by atoms with Gasteiger partial charge in [-0.3, -0.25) is 0 Å². The van der Waals surface area contributed by atoms with Crippen LogP contribution < -0.4 is 5.32 Å². The van der Waals surface area contributed by atoms with Crippen LogP contribution in [0.1, 0.15) is 6.42 Å². The van der Waals surface area contributed by atoms with Crippen molar-refractivity contribution in [1.82, 2.24) is 5.32 Å². The van der Waals surface area contributed by atoms with Crippen molar-refractivity contribution in [3.63, 3.8) is 0 Å². The highest BCUT2D eigenvalue weighted by molar-refractivity contribution is 7.94. The van der Waals surface area contributed by atoms with Crippen LogP contribution in [0, 0.1) is 0 Å². The molecule has 7 heteroatoms. The lowest BCUT2D eigenvalue weighted by molar-refractivity contribution is 0.579. The number of rotatable bonds is 5. The standard InChI is InChI=1S/C8H15NO4S2/c1-14(10,11)5-2-4-9-8-3-6-15(12,13)7-8/h3,6,8-9H,2,4-5,7H2,1H3. The first-order chi connectivity index (χ1) is 6.79. The fourth-order valence-electron chi connectivity index (χ4n) is 1.32. The summed E-state index contributed by atoms with van der Waals surface area (Å²) in [5.41, 5.74) is 0. The Kier molecular flexibility index (Phi) is 3.91. The predicted octanol–water partition coefficient (Wildman–Crippen LogP) is -0.679. The van der Waals surface area contributed by atoms with Crippen molar-refractivity contribution in [2.75, 3.05) is 24.3 Å². The molecule has 1 unspecified atom stereocenters. The number of sulfone groups is 2. The molecule has 88 valence electrons. The Morgan fingerprint density at radius 1 is 1.47 bits per heavy atom. The molecule has 0 saturated carbocycles. The summed E-state index contributed by atoms with van der Waals surface area (Å²) in [6, 6.07) is -0.172. The first kappa shape index (κ1) is 12.7. The van der Waals surface area contributed by atoms with Gasteiger partial charge in [0.15, 0.2) is 9.84 Å². The lowest BCUT2D eigenvalue weighted by atomic mass is 10.3. The van der Waals surface area contributed by atoms with E-state index in [1.54, 1.807) is 6.08 Å². The molecular formula is C8H15NO4S2. The zero-order chi connectivity index (χ0) is 11.5. The minimum Gasteiger partial charge on any atom is -0.309 e. The molecule has 0 aromatic rings. The Morgan fingerprint density at radius 3 is 2.60 bits per heavy atom. The van der Waals surface area contributed by atoms with E-state index in [2.05, 4.69) is 5.32 Å². The summed E-state index contributed by atoms with van der Waals surface area (Å²) in [4.78, 5) is 0. The molecule has 0 amide bonds. The summed E-state index contributed by atoms with van der Waals surface area (Å²) in [7, 11) is -5.94. The second-order valence-corrected chi connectivity index (χ2v) is 7.89. The molecule has 1 heterocycles. The van der Waals surface area contributed by atoms with E-state index in [1.165, 1.54) is 11.7 Å². The molecular weight excluding hydrogens is 238 g/mol. The Morgan fingerprint density at radius 2 is 2.13 bits per heavy atom. The van der Waals surface area contributed by atoms with Gasteiger partial charge < -0.3 is 5.32 Å². The molecule has 0 saturated heterocycles. The summed E-state index contributed by atoms with van der Waals surface area (Å²) in [5, 5.41) is 4.18. The highest BCUT2D eigenvalue weighted by Crippen LogP contribution is 2.07. The Hall–Kier alpha value is -0.400. The summed E-state index contributed by atoms with van der Waals surface area (Å²) in [6.07, 6.45) is 3.28. The van der Waals surface area contributed by atoms with Crippen LogP contribution in [-0.2, 0) is 19.7 Å². The minimum atomic E-state index is -3.02. The van der Waals surface area contributed by atoms with Gasteiger partial charge in [-0.2, -0.15) is 0 Å². The Labute approximate surface area is 90.4 Å². The van der Waals surface area contributed by atoms with Crippen LogP contribution in [0.25, 0.3) is 0 Å². The molecule has 1 rings (SSSR count). The molecule has 0 aromatic heterocycles. The fraction of sp³-hybridized carbons (Fsp3) is 0.750. The van der Waals surface area contributed by atoms with Gasteiger partial charge in [0.05, 0.1) is 11.5 Å². The Bertz CT molecular complexity index is 435. The molecule has 0 aliphatic carbocycles. The van der Waals surface area contributed by atoms with Crippen molar-refractivity contribution in [1.29, 1.82) is 0 Å². The summed E-state index contributed by atoms with van der Waals surface area (Å²) >= 11 is 0. The van der Waals surface area contributed by atoms with Gasteiger partial charge >= 0.3 is 0 Å². The van der Waals surface area contributed by atoms with Crippen molar-refractivity contribution < 1.29 is 16.8 Å². The summed E-state index contributed by atoms with van der Waals surface area (Å²) in [6.45, 7) is 0.512. The van der Waals surface area contributed by atoms with Gasteiger partial charge in [-0.1, -0.05) is 6.08 Å². The second kappa shape index (κ2) is 4.63. The van der Waals surface area contributed by atoms with E-state index in [9.17, 15) is 16.8 Å². The van der Waals surface area contributed by atoms with Crippen molar-refractivity contribution >= 4 is 19.7 Å². The lowest BCUT2D eigenvalue weighted by Crippen LogP contribution is -2.31. The molecule has 1 aliphatic heterocycles. The third-order valence-corrected chi connectivity index (χ3v) is 4.45. The van der Waals surface area contributed by atoms with Crippen molar-refractivity contribution in [3.8, 4) is 0 Å². The lowest BCUT2D eigenvalue weighted by Gasteiger charge is -2.08. The van der Waals surface area contributed by atoms with Gasteiger partial charge in [-0.25, -0.2) is 16.8 Å². The molecule has 0 bridgehead atoms. The Balaban J connectivity index is 2.21. The third kappa shape index (κ3) is 5.29. The van der Waals surface area contributed by atoms with E-state index in [-0.39, 0.29) is 17.5 Å². The largest absolute Gasteiger partial charge is 0.309 e. The number of nitrogens with one attached hydrogen (secondary N) is 1. The molecule has 15 heavy (non-hydrogen) atoms. The van der Waals surface area contributed by atoms with Crippen LogP contribution in [0.4, 0.5) is 0 Å². The zero-order valence-electron chi connectivity index (χ0n) is 8.51. The number of hydrogen-bond donors (Lipinski definition) is 1. The van der Waals surface area contributed by atoms with Crippen LogP contribution in [0.5, 0.6) is 0 Å². The first-order valence-corrected chi connectivity index (χ1v) is 8.38. The highest BCUT2D eigenvalue weighted by atomic mass is 32.2. The van der Waals surface area contributed by atoms with E-state index < -0.39 is 19.7 Å². The maximum atomic E-state index is 11.0. The van der Waals surface area contributed by atoms with E-state index in [1.807, 2.05) is 0 Å². The summed E-state index contributed by atoms with van der Waals surface area (Å²) < 4.78 is 43.6. The van der Waals surface area contributed by atoms with Gasteiger partial charge in [0.25, 0.3) is 0 Å². The molecule has 0 fully saturated rings.